The van der Waals surface area contributed by atoms with Crippen LogP contribution in [0.4, 0.5) is 14.4 Å². The topological polar surface area (TPSA) is 213 Å². The Morgan fingerprint density at radius 1 is 0.685 bits per heavy atom. The molecule has 6 amide bonds. The highest BCUT2D eigenvalue weighted by molar-refractivity contribution is 5.79. The van der Waals surface area contributed by atoms with Gasteiger partial charge in [0.25, 0.3) is 0 Å². The van der Waals surface area contributed by atoms with Gasteiger partial charge in [0.15, 0.2) is 0 Å². The molecule has 9 N–H and O–H groups in total. The Labute approximate surface area is 320 Å². The van der Waals surface area contributed by atoms with Crippen LogP contribution in [-0.4, -0.2) is 60.9 Å². The molecule has 54 heavy (non-hydrogen) atoms. The Hall–Kier alpha value is -4.85. The van der Waals surface area contributed by atoms with Crippen molar-refractivity contribution in [2.24, 2.45) is 29.4 Å². The van der Waals surface area contributed by atoms with Crippen molar-refractivity contribution in [2.75, 3.05) is 20.1 Å². The van der Waals surface area contributed by atoms with Crippen molar-refractivity contribution in [2.45, 2.75) is 105 Å². The Morgan fingerprint density at radius 3 is 1.59 bits per heavy atom. The molecule has 0 heterocycles. The molecule has 2 aromatic rings. The largest absolute Gasteiger partial charge is 0.481 e. The highest BCUT2D eigenvalue weighted by atomic mass is 16.6. The predicted octanol–water partition coefficient (Wildman–Crippen LogP) is 5.42. The Balaban J connectivity index is 0.000000305. The predicted molar refractivity (Wildman–Crippen MR) is 209 cm³/mol. The van der Waals surface area contributed by atoms with Gasteiger partial charge in [-0.2, -0.15) is 0 Å². The second-order valence-electron chi connectivity index (χ2n) is 15.1. The number of hydrazine groups is 1. The van der Waals surface area contributed by atoms with Crippen LogP contribution in [0.25, 0.3) is 0 Å². The van der Waals surface area contributed by atoms with Crippen molar-refractivity contribution >= 4 is 30.0 Å². The van der Waals surface area contributed by atoms with Gasteiger partial charge in [-0.1, -0.05) is 59.7 Å². The van der Waals surface area contributed by atoms with E-state index in [0.29, 0.717) is 44.9 Å². The number of nitrogens with two attached hydrogens (primary N) is 1. The van der Waals surface area contributed by atoms with E-state index in [2.05, 4.69) is 94.5 Å². The van der Waals surface area contributed by atoms with E-state index in [-0.39, 0.29) is 29.7 Å². The Bertz CT molecular complexity index is 1450. The van der Waals surface area contributed by atoms with Gasteiger partial charge in [-0.3, -0.25) is 9.59 Å². The second-order valence-corrected chi connectivity index (χ2v) is 15.1. The van der Waals surface area contributed by atoms with E-state index in [9.17, 15) is 24.0 Å². The molecule has 0 saturated heterocycles. The number of carbonyl (C=O) groups excluding carboxylic acids is 4. The summed E-state index contributed by atoms with van der Waals surface area (Å²) in [5.41, 5.74) is 14.0. The van der Waals surface area contributed by atoms with Crippen molar-refractivity contribution in [1.29, 1.82) is 0 Å². The number of urea groups is 2. The average molecular weight is 754 g/mol. The third-order valence-corrected chi connectivity index (χ3v) is 9.36. The molecule has 0 aliphatic heterocycles. The van der Waals surface area contributed by atoms with Crippen LogP contribution in [0.1, 0.15) is 94.4 Å². The number of aliphatic carboxylic acids is 1. The van der Waals surface area contributed by atoms with Crippen LogP contribution in [0.15, 0.2) is 48.5 Å². The molecule has 300 valence electrons. The normalized spacial score (nSPS) is 19.2. The molecule has 2 saturated carbocycles. The highest BCUT2D eigenvalue weighted by Gasteiger charge is 2.27. The van der Waals surface area contributed by atoms with E-state index >= 15 is 0 Å². The number of hydrogen-bond donors (Lipinski definition) is 8. The van der Waals surface area contributed by atoms with Gasteiger partial charge in [-0.05, 0) is 109 Å². The van der Waals surface area contributed by atoms with Crippen molar-refractivity contribution < 1.29 is 33.8 Å². The van der Waals surface area contributed by atoms with Crippen LogP contribution in [0.3, 0.4) is 0 Å². The number of hydrogen-bond acceptors (Lipinski definition) is 7. The number of aryl methyl sites for hydroxylation is 2. The standard InChI is InChI=1S/C18H27N3O2.C14H25N3O5.C8H11N/c1-13-3-5-14(6-4-13)11-20-17(22)16-9-7-15(8-10-16)12-21-18(23)19-2;1-14(2,3)22-13(21)17-16-12(20)15-8-9-4-6-10(7-5-9)11(18)19;1-7-2-4-8(6-9)5-3-7/h3-6,15-16H,7-12H2,1-2H3,(H,20,22)(H2,19,21,23);9-10H,4-8H2,1-3H3,(H,17,21)(H,18,19)(H2,15,16,20);2-5H,6,9H2,1H3. The number of benzene rings is 2. The van der Waals surface area contributed by atoms with Crippen LogP contribution in [0.2, 0.25) is 0 Å². The molecule has 2 aliphatic rings. The molecule has 14 heteroatoms. The quantitative estimate of drug-likeness (QED) is 0.155. The first-order valence-electron chi connectivity index (χ1n) is 18.9. The summed E-state index contributed by atoms with van der Waals surface area (Å²) >= 11 is 0. The van der Waals surface area contributed by atoms with Crippen LogP contribution >= 0.6 is 0 Å². The molecule has 2 aromatic carbocycles. The molecule has 2 aliphatic carbocycles. The molecule has 0 atom stereocenters. The third-order valence-electron chi connectivity index (χ3n) is 9.36. The second kappa shape index (κ2) is 23.7. The monoisotopic (exact) mass is 753 g/mol. The van der Waals surface area contributed by atoms with Gasteiger partial charge in [0.1, 0.15) is 5.60 Å². The van der Waals surface area contributed by atoms with Gasteiger partial charge in [0.05, 0.1) is 5.92 Å². The lowest BCUT2D eigenvalue weighted by Gasteiger charge is -2.27. The minimum atomic E-state index is -0.745. The first-order chi connectivity index (χ1) is 25.6. The Kier molecular flexibility index (Phi) is 19.9. The van der Waals surface area contributed by atoms with E-state index in [1.807, 2.05) is 0 Å². The van der Waals surface area contributed by atoms with Gasteiger partial charge in [-0.15, -0.1) is 0 Å². The molecular formula is C40H63N7O7. The maximum absolute atomic E-state index is 12.3. The first kappa shape index (κ1) is 45.3. The molecule has 4 rings (SSSR count). The van der Waals surface area contributed by atoms with Crippen LogP contribution < -0.4 is 37.9 Å². The van der Waals surface area contributed by atoms with Crippen molar-refractivity contribution in [1.82, 2.24) is 32.1 Å². The van der Waals surface area contributed by atoms with Gasteiger partial charge in [0, 0.05) is 39.1 Å². The molecule has 0 unspecified atom stereocenters. The molecule has 2 fully saturated rings. The maximum atomic E-state index is 12.3. The fourth-order valence-corrected chi connectivity index (χ4v) is 6.02. The molecule has 0 bridgehead atoms. The number of rotatable bonds is 9. The van der Waals surface area contributed by atoms with Crippen LogP contribution in [0.5, 0.6) is 0 Å². The number of nitrogens with one attached hydrogen (secondary N) is 6. The van der Waals surface area contributed by atoms with Crippen molar-refractivity contribution in [3.05, 3.63) is 70.8 Å². The summed E-state index contributed by atoms with van der Waals surface area (Å²) in [6, 6.07) is 15.8. The summed E-state index contributed by atoms with van der Waals surface area (Å²) in [6.07, 6.45) is 5.88. The lowest BCUT2D eigenvalue weighted by atomic mass is 9.81. The SMILES string of the molecule is CC(C)(C)OC(=O)NNC(=O)NCC1CCC(C(=O)O)CC1.CNC(=O)NCC1CCC(C(=O)NCc2ccc(C)cc2)CC1.Cc1ccc(CN)cc1. The summed E-state index contributed by atoms with van der Waals surface area (Å²) in [7, 11) is 1.62. The third kappa shape index (κ3) is 19.3. The zero-order valence-corrected chi connectivity index (χ0v) is 32.9. The molecule has 0 radical (unpaired) electrons. The van der Waals surface area contributed by atoms with E-state index in [1.165, 1.54) is 16.7 Å². The maximum Gasteiger partial charge on any atom is 0.426 e. The number of amides is 6. The van der Waals surface area contributed by atoms with E-state index in [4.69, 9.17) is 15.6 Å². The molecular weight excluding hydrogens is 690 g/mol. The summed E-state index contributed by atoms with van der Waals surface area (Å²) in [5.74, 6) is 0.000866. The Morgan fingerprint density at radius 2 is 1.15 bits per heavy atom. The van der Waals surface area contributed by atoms with Crippen LogP contribution in [0, 0.1) is 37.5 Å². The fourth-order valence-electron chi connectivity index (χ4n) is 6.02. The number of carboxylic acids is 1. The van der Waals surface area contributed by atoms with Crippen molar-refractivity contribution in [3.8, 4) is 0 Å². The molecule has 0 aromatic heterocycles. The van der Waals surface area contributed by atoms with E-state index in [1.54, 1.807) is 27.8 Å². The zero-order chi connectivity index (χ0) is 40.1. The van der Waals surface area contributed by atoms with Crippen LogP contribution in [-0.2, 0) is 27.4 Å². The fraction of sp³-hybridized carbons (Fsp3) is 0.575. The lowest BCUT2D eigenvalue weighted by Crippen LogP contribution is -2.49. The van der Waals surface area contributed by atoms with Gasteiger partial charge < -0.3 is 36.8 Å². The minimum absolute atomic E-state index is 0.108. The van der Waals surface area contributed by atoms with Gasteiger partial charge in [-0.25, -0.2) is 25.2 Å². The first-order valence-corrected chi connectivity index (χ1v) is 18.9. The van der Waals surface area contributed by atoms with Gasteiger partial charge >= 0.3 is 24.1 Å². The number of carboxylic acid groups (broad SMARTS) is 1. The summed E-state index contributed by atoms with van der Waals surface area (Å²) in [5, 5.41) is 20.0. The van der Waals surface area contributed by atoms with E-state index < -0.39 is 23.7 Å². The number of carbonyl (C=O) groups is 5. The smallest absolute Gasteiger partial charge is 0.426 e. The summed E-state index contributed by atoms with van der Waals surface area (Å²) in [4.78, 5) is 57.2. The molecule has 0 spiro atoms. The van der Waals surface area contributed by atoms with E-state index in [0.717, 1.165) is 44.1 Å². The number of ether oxygens (including phenoxy) is 1. The van der Waals surface area contributed by atoms with Gasteiger partial charge in [0.2, 0.25) is 5.91 Å². The minimum Gasteiger partial charge on any atom is -0.481 e. The summed E-state index contributed by atoms with van der Waals surface area (Å²) < 4.78 is 4.97. The summed E-state index contributed by atoms with van der Waals surface area (Å²) in [6.45, 7) is 11.7. The molecule has 14 nitrogen and oxygen atoms in total. The highest BCUT2D eigenvalue weighted by Crippen LogP contribution is 2.29. The zero-order valence-electron chi connectivity index (χ0n) is 32.9. The van der Waals surface area contributed by atoms with Crippen molar-refractivity contribution in [3.63, 3.8) is 0 Å². The lowest BCUT2D eigenvalue weighted by molar-refractivity contribution is -0.143. The average Bonchev–Trinajstić information content (AvgIpc) is 3.15.